The molecule has 0 aliphatic heterocycles. The number of aliphatic hydroxyl groups excluding tert-OH is 1. The number of aromatic nitrogens is 4. The zero-order chi connectivity index (χ0) is 17.4. The standard InChI is InChI=1S/C11H10N6.C7H12O/c12-10-7-2-1-6(8-3-4-14-17-8)5-9(7)15-11(13)16-10;8-7-4-5-1-2-6(7)3-5/h1-5H,(H,14,17)(H4,12,13,15,16);5-8H,1-4H2. The Labute approximate surface area is 145 Å². The van der Waals surface area contributed by atoms with Gasteiger partial charge < -0.3 is 16.6 Å². The summed E-state index contributed by atoms with van der Waals surface area (Å²) in [6, 6.07) is 7.60. The number of hydrogen-bond donors (Lipinski definition) is 4. The number of aliphatic hydroxyl groups is 1. The first-order chi connectivity index (χ1) is 12.1. The average molecular weight is 338 g/mol. The molecule has 3 atom stereocenters. The van der Waals surface area contributed by atoms with Gasteiger partial charge in [0.1, 0.15) is 5.82 Å². The number of rotatable bonds is 1. The van der Waals surface area contributed by atoms with Crippen molar-refractivity contribution in [2.45, 2.75) is 31.8 Å². The van der Waals surface area contributed by atoms with Gasteiger partial charge in [0.15, 0.2) is 0 Å². The molecule has 7 nitrogen and oxygen atoms in total. The summed E-state index contributed by atoms with van der Waals surface area (Å²) in [7, 11) is 0. The molecule has 2 fully saturated rings. The van der Waals surface area contributed by atoms with Crippen molar-refractivity contribution in [1.82, 2.24) is 20.2 Å². The van der Waals surface area contributed by atoms with Crippen LogP contribution in [0.4, 0.5) is 11.8 Å². The lowest BCUT2D eigenvalue weighted by Crippen LogP contribution is -2.14. The van der Waals surface area contributed by atoms with E-state index in [1.165, 1.54) is 19.3 Å². The molecule has 7 heteroatoms. The van der Waals surface area contributed by atoms with Crippen LogP contribution in [-0.4, -0.2) is 31.4 Å². The minimum Gasteiger partial charge on any atom is -0.393 e. The van der Waals surface area contributed by atoms with Crippen LogP contribution >= 0.6 is 0 Å². The summed E-state index contributed by atoms with van der Waals surface area (Å²) in [5.74, 6) is 2.16. The van der Waals surface area contributed by atoms with Crippen LogP contribution in [0.25, 0.3) is 22.2 Å². The molecule has 3 unspecified atom stereocenters. The lowest BCUT2D eigenvalue weighted by molar-refractivity contribution is 0.113. The van der Waals surface area contributed by atoms with Crippen LogP contribution in [0.15, 0.2) is 30.5 Å². The van der Waals surface area contributed by atoms with Gasteiger partial charge in [0, 0.05) is 17.1 Å². The van der Waals surface area contributed by atoms with E-state index in [-0.39, 0.29) is 12.1 Å². The topological polar surface area (TPSA) is 127 Å². The molecule has 2 bridgehead atoms. The third-order valence-corrected chi connectivity index (χ3v) is 5.26. The molecule has 2 heterocycles. The summed E-state index contributed by atoms with van der Waals surface area (Å²) in [6.07, 6.45) is 6.88. The lowest BCUT2D eigenvalue weighted by Gasteiger charge is -2.14. The number of benzene rings is 1. The smallest absolute Gasteiger partial charge is 0.222 e. The van der Waals surface area contributed by atoms with E-state index in [1.807, 2.05) is 24.3 Å². The zero-order valence-corrected chi connectivity index (χ0v) is 13.9. The Morgan fingerprint density at radius 3 is 2.56 bits per heavy atom. The quantitative estimate of drug-likeness (QED) is 0.539. The van der Waals surface area contributed by atoms with Crippen molar-refractivity contribution >= 4 is 22.7 Å². The largest absolute Gasteiger partial charge is 0.393 e. The number of fused-ring (bicyclic) bond motifs is 3. The second kappa shape index (κ2) is 6.33. The number of nitrogen functional groups attached to an aromatic ring is 2. The lowest BCUT2D eigenvalue weighted by atomic mass is 9.98. The summed E-state index contributed by atoms with van der Waals surface area (Å²) in [6.45, 7) is 0. The summed E-state index contributed by atoms with van der Waals surface area (Å²) >= 11 is 0. The Bertz CT molecular complexity index is 877. The molecule has 5 rings (SSSR count). The maximum Gasteiger partial charge on any atom is 0.222 e. The Kier molecular flexibility index (Phi) is 4.01. The summed E-state index contributed by atoms with van der Waals surface area (Å²) in [5, 5.41) is 16.8. The number of nitrogens with zero attached hydrogens (tertiary/aromatic N) is 3. The monoisotopic (exact) mass is 338 g/mol. The summed E-state index contributed by atoms with van der Waals surface area (Å²) in [4.78, 5) is 8.08. The maximum absolute atomic E-state index is 9.22. The van der Waals surface area contributed by atoms with Crippen LogP contribution < -0.4 is 11.5 Å². The van der Waals surface area contributed by atoms with Crippen LogP contribution in [0, 0.1) is 11.8 Å². The highest BCUT2D eigenvalue weighted by molar-refractivity contribution is 5.91. The van der Waals surface area contributed by atoms with Crippen molar-refractivity contribution in [3.8, 4) is 11.3 Å². The number of aromatic amines is 1. The van der Waals surface area contributed by atoms with E-state index in [0.717, 1.165) is 34.5 Å². The van der Waals surface area contributed by atoms with Gasteiger partial charge in [0.2, 0.25) is 5.95 Å². The first-order valence-electron chi connectivity index (χ1n) is 8.60. The third-order valence-electron chi connectivity index (χ3n) is 5.26. The molecule has 0 amide bonds. The number of hydrogen-bond acceptors (Lipinski definition) is 6. The van der Waals surface area contributed by atoms with Gasteiger partial charge in [-0.1, -0.05) is 6.07 Å². The van der Waals surface area contributed by atoms with E-state index in [0.29, 0.717) is 11.7 Å². The first kappa shape index (κ1) is 15.8. The molecule has 130 valence electrons. The molecule has 1 aromatic carbocycles. The Hall–Kier alpha value is -2.67. The van der Waals surface area contributed by atoms with Crippen molar-refractivity contribution in [2.24, 2.45) is 11.8 Å². The van der Waals surface area contributed by atoms with Gasteiger partial charge in [-0.3, -0.25) is 5.10 Å². The molecule has 0 radical (unpaired) electrons. The van der Waals surface area contributed by atoms with Gasteiger partial charge >= 0.3 is 0 Å². The third kappa shape index (κ3) is 3.15. The van der Waals surface area contributed by atoms with Crippen LogP contribution in [0.1, 0.15) is 25.7 Å². The highest BCUT2D eigenvalue weighted by atomic mass is 16.3. The van der Waals surface area contributed by atoms with Crippen molar-refractivity contribution in [3.05, 3.63) is 30.5 Å². The van der Waals surface area contributed by atoms with E-state index < -0.39 is 0 Å². The molecule has 2 saturated carbocycles. The van der Waals surface area contributed by atoms with Crippen molar-refractivity contribution in [3.63, 3.8) is 0 Å². The van der Waals surface area contributed by atoms with E-state index in [9.17, 15) is 5.11 Å². The van der Waals surface area contributed by atoms with Gasteiger partial charge in [-0.05, 0) is 55.7 Å². The minimum atomic E-state index is 0.0775. The highest BCUT2D eigenvalue weighted by Crippen LogP contribution is 2.44. The second-order valence-electron chi connectivity index (χ2n) is 6.91. The fourth-order valence-electron chi connectivity index (χ4n) is 3.97. The molecule has 6 N–H and O–H groups in total. The average Bonchev–Trinajstić information content (AvgIpc) is 3.32. The molecular formula is C18H22N6O. The van der Waals surface area contributed by atoms with E-state index >= 15 is 0 Å². The predicted molar refractivity (Wildman–Crippen MR) is 97.4 cm³/mol. The second-order valence-corrected chi connectivity index (χ2v) is 6.91. The SMILES string of the molecule is Nc1nc(N)c2ccc(-c3ccn[nH]3)cc2n1.OC1CC2CCC1C2. The Morgan fingerprint density at radius 2 is 1.96 bits per heavy atom. The molecule has 2 aliphatic carbocycles. The fourth-order valence-corrected chi connectivity index (χ4v) is 3.97. The van der Waals surface area contributed by atoms with Gasteiger partial charge in [-0.15, -0.1) is 0 Å². The highest BCUT2D eigenvalue weighted by Gasteiger charge is 2.38. The first-order valence-corrected chi connectivity index (χ1v) is 8.60. The van der Waals surface area contributed by atoms with Gasteiger partial charge in [0.25, 0.3) is 0 Å². The fraction of sp³-hybridized carbons (Fsp3) is 0.389. The maximum atomic E-state index is 9.22. The van der Waals surface area contributed by atoms with Crippen LogP contribution in [-0.2, 0) is 0 Å². The number of nitrogens with one attached hydrogen (secondary N) is 1. The predicted octanol–water partition coefficient (Wildman–Crippen LogP) is 2.35. The molecule has 3 aromatic rings. The summed E-state index contributed by atoms with van der Waals surface area (Å²) in [5.41, 5.74) is 14.0. The number of anilines is 2. The van der Waals surface area contributed by atoms with Crippen molar-refractivity contribution in [2.75, 3.05) is 11.5 Å². The Balaban J connectivity index is 0.000000163. The van der Waals surface area contributed by atoms with Gasteiger partial charge in [-0.25, -0.2) is 4.98 Å². The molecular weight excluding hydrogens is 316 g/mol. The normalized spacial score (nSPS) is 24.3. The van der Waals surface area contributed by atoms with Gasteiger partial charge in [0.05, 0.1) is 17.3 Å². The van der Waals surface area contributed by atoms with Crippen LogP contribution in [0.2, 0.25) is 0 Å². The van der Waals surface area contributed by atoms with E-state index in [2.05, 4.69) is 20.2 Å². The number of H-pyrrole nitrogens is 1. The molecule has 2 aliphatic rings. The molecule has 25 heavy (non-hydrogen) atoms. The van der Waals surface area contributed by atoms with E-state index in [4.69, 9.17) is 11.5 Å². The van der Waals surface area contributed by atoms with Crippen molar-refractivity contribution in [1.29, 1.82) is 0 Å². The van der Waals surface area contributed by atoms with Crippen molar-refractivity contribution < 1.29 is 5.11 Å². The molecule has 2 aromatic heterocycles. The summed E-state index contributed by atoms with van der Waals surface area (Å²) < 4.78 is 0. The molecule has 0 saturated heterocycles. The number of nitrogens with two attached hydrogens (primary N) is 2. The van der Waals surface area contributed by atoms with Gasteiger partial charge in [-0.2, -0.15) is 10.1 Å². The minimum absolute atomic E-state index is 0.0775. The zero-order valence-electron chi connectivity index (χ0n) is 13.9. The van der Waals surface area contributed by atoms with Crippen LogP contribution in [0.5, 0.6) is 0 Å². The van der Waals surface area contributed by atoms with E-state index in [1.54, 1.807) is 6.20 Å². The van der Waals surface area contributed by atoms with Crippen LogP contribution in [0.3, 0.4) is 0 Å². The molecule has 0 spiro atoms. The Morgan fingerprint density at radius 1 is 1.08 bits per heavy atom.